The molecule has 4 rings (SSSR count). The Balaban J connectivity index is 1.60. The number of anilines is 1. The van der Waals surface area contributed by atoms with Gasteiger partial charge in [-0.05, 0) is 57.1 Å². The molecule has 2 N–H and O–H groups in total. The molecule has 2 aliphatic rings. The van der Waals surface area contributed by atoms with E-state index >= 15 is 0 Å². The van der Waals surface area contributed by atoms with Gasteiger partial charge in [-0.2, -0.15) is 0 Å². The average molecular weight is 415 g/mol. The molecule has 7 heteroatoms. The number of piperidine rings is 1. The van der Waals surface area contributed by atoms with E-state index in [4.69, 9.17) is 11.6 Å². The number of benzene rings is 1. The maximum Gasteiger partial charge on any atom is 0.271 e. The highest BCUT2D eigenvalue weighted by Gasteiger charge is 2.40. The zero-order chi connectivity index (χ0) is 20.4. The fourth-order valence-corrected chi connectivity index (χ4v) is 3.96. The van der Waals surface area contributed by atoms with Gasteiger partial charge in [0.25, 0.3) is 5.91 Å². The average Bonchev–Trinajstić information content (AvgIpc) is 3.59. The monoisotopic (exact) mass is 414 g/mol. The normalized spacial score (nSPS) is 18.9. The molecule has 0 radical (unpaired) electrons. The first kappa shape index (κ1) is 20.1. The standard InChI is InChI=1S/C22H27ClN4O2/c1-22(29,16-7-8-16)14-25-21(28)18-13-24-20(27-11-3-2-4-12-27)19(26-18)15-5-9-17(23)10-6-15/h5-6,9-10,13,16,29H,2-4,7-8,11-12,14H2,1H3,(H,25,28)/t22-/m1/s1. The fraction of sp³-hybridized carbons (Fsp3) is 0.500. The van der Waals surface area contributed by atoms with Crippen molar-refractivity contribution >= 4 is 23.3 Å². The smallest absolute Gasteiger partial charge is 0.271 e. The minimum Gasteiger partial charge on any atom is -0.388 e. The maximum atomic E-state index is 12.7. The number of halogens is 1. The van der Waals surface area contributed by atoms with Gasteiger partial charge < -0.3 is 15.3 Å². The lowest BCUT2D eigenvalue weighted by molar-refractivity contribution is 0.0353. The van der Waals surface area contributed by atoms with Crippen molar-refractivity contribution in [2.45, 2.75) is 44.6 Å². The van der Waals surface area contributed by atoms with Crippen LogP contribution in [-0.4, -0.2) is 46.2 Å². The van der Waals surface area contributed by atoms with Gasteiger partial charge in [-0.3, -0.25) is 4.79 Å². The van der Waals surface area contributed by atoms with E-state index in [9.17, 15) is 9.90 Å². The lowest BCUT2D eigenvalue weighted by Gasteiger charge is -2.29. The minimum absolute atomic E-state index is 0.211. The fourth-order valence-electron chi connectivity index (χ4n) is 3.83. The first-order valence-corrected chi connectivity index (χ1v) is 10.7. The van der Waals surface area contributed by atoms with Gasteiger partial charge in [0.05, 0.1) is 11.8 Å². The molecular weight excluding hydrogens is 388 g/mol. The van der Waals surface area contributed by atoms with E-state index in [-0.39, 0.29) is 24.1 Å². The van der Waals surface area contributed by atoms with Crippen LogP contribution in [0.1, 0.15) is 49.5 Å². The Bertz CT molecular complexity index is 875. The Morgan fingerprint density at radius 2 is 1.93 bits per heavy atom. The molecule has 1 aromatic heterocycles. The number of amides is 1. The van der Waals surface area contributed by atoms with Gasteiger partial charge in [0.15, 0.2) is 5.82 Å². The quantitative estimate of drug-likeness (QED) is 0.753. The maximum absolute atomic E-state index is 12.7. The molecular formula is C22H27ClN4O2. The molecule has 1 aliphatic carbocycles. The van der Waals surface area contributed by atoms with Crippen molar-refractivity contribution in [3.63, 3.8) is 0 Å². The van der Waals surface area contributed by atoms with Crippen LogP contribution >= 0.6 is 11.6 Å². The van der Waals surface area contributed by atoms with Gasteiger partial charge in [0.1, 0.15) is 11.4 Å². The Morgan fingerprint density at radius 3 is 2.59 bits per heavy atom. The van der Waals surface area contributed by atoms with Gasteiger partial charge in [-0.15, -0.1) is 0 Å². The summed E-state index contributed by atoms with van der Waals surface area (Å²) in [6.45, 7) is 3.85. The van der Waals surface area contributed by atoms with Crippen molar-refractivity contribution in [1.82, 2.24) is 15.3 Å². The minimum atomic E-state index is -0.879. The van der Waals surface area contributed by atoms with E-state index in [0.29, 0.717) is 10.7 Å². The number of carbonyl (C=O) groups excluding carboxylic acids is 1. The first-order valence-electron chi connectivity index (χ1n) is 10.3. The summed E-state index contributed by atoms with van der Waals surface area (Å²) in [5.74, 6) is 0.743. The number of hydrogen-bond acceptors (Lipinski definition) is 5. The van der Waals surface area contributed by atoms with E-state index in [0.717, 1.165) is 50.2 Å². The summed E-state index contributed by atoms with van der Waals surface area (Å²) in [7, 11) is 0. The molecule has 1 atom stereocenters. The number of nitrogens with zero attached hydrogens (tertiary/aromatic N) is 3. The van der Waals surface area contributed by atoms with Crippen LogP contribution in [0.4, 0.5) is 5.82 Å². The summed E-state index contributed by atoms with van der Waals surface area (Å²) in [5.41, 5.74) is 0.935. The summed E-state index contributed by atoms with van der Waals surface area (Å²) in [6, 6.07) is 7.44. The molecule has 154 valence electrons. The highest BCUT2D eigenvalue weighted by molar-refractivity contribution is 6.30. The van der Waals surface area contributed by atoms with Crippen molar-refractivity contribution in [3.8, 4) is 11.3 Å². The Kier molecular flexibility index (Phi) is 5.74. The SMILES string of the molecule is C[C@@](O)(CNC(=O)c1cnc(N2CCCCC2)c(-c2ccc(Cl)cc2)n1)C1CC1. The zero-order valence-corrected chi connectivity index (χ0v) is 17.5. The molecule has 1 saturated heterocycles. The molecule has 1 aliphatic heterocycles. The van der Waals surface area contributed by atoms with E-state index in [1.165, 1.54) is 12.6 Å². The molecule has 6 nitrogen and oxygen atoms in total. The molecule has 1 aromatic carbocycles. The van der Waals surface area contributed by atoms with Crippen molar-refractivity contribution < 1.29 is 9.90 Å². The molecule has 29 heavy (non-hydrogen) atoms. The second-order valence-corrected chi connectivity index (χ2v) is 8.73. The predicted molar refractivity (Wildman–Crippen MR) is 114 cm³/mol. The molecule has 0 spiro atoms. The number of carbonyl (C=O) groups is 1. The third-order valence-electron chi connectivity index (χ3n) is 5.82. The van der Waals surface area contributed by atoms with Crippen LogP contribution < -0.4 is 10.2 Å². The van der Waals surface area contributed by atoms with Crippen LogP contribution in [0.25, 0.3) is 11.3 Å². The number of aliphatic hydroxyl groups is 1. The van der Waals surface area contributed by atoms with Crippen molar-refractivity contribution in [2.24, 2.45) is 5.92 Å². The van der Waals surface area contributed by atoms with Crippen LogP contribution in [0.15, 0.2) is 30.5 Å². The summed E-state index contributed by atoms with van der Waals surface area (Å²) in [4.78, 5) is 24.2. The first-order chi connectivity index (χ1) is 13.9. The predicted octanol–water partition coefficient (Wildman–Crippen LogP) is 3.68. The number of nitrogens with one attached hydrogen (secondary N) is 1. The van der Waals surface area contributed by atoms with Gasteiger partial charge in [-0.1, -0.05) is 23.7 Å². The lowest BCUT2D eigenvalue weighted by atomic mass is 10.0. The lowest BCUT2D eigenvalue weighted by Crippen LogP contribution is -2.42. The number of aromatic nitrogens is 2. The molecule has 1 saturated carbocycles. The third-order valence-corrected chi connectivity index (χ3v) is 6.07. The topological polar surface area (TPSA) is 78.3 Å². The summed E-state index contributed by atoms with van der Waals surface area (Å²) < 4.78 is 0. The van der Waals surface area contributed by atoms with Crippen LogP contribution in [0.2, 0.25) is 5.02 Å². The van der Waals surface area contributed by atoms with Crippen LogP contribution in [0.5, 0.6) is 0 Å². The molecule has 0 bridgehead atoms. The van der Waals surface area contributed by atoms with Gasteiger partial charge in [-0.25, -0.2) is 9.97 Å². The highest BCUT2D eigenvalue weighted by Crippen LogP contribution is 2.39. The number of rotatable bonds is 6. The highest BCUT2D eigenvalue weighted by atomic mass is 35.5. The van der Waals surface area contributed by atoms with E-state index < -0.39 is 5.60 Å². The summed E-state index contributed by atoms with van der Waals surface area (Å²) in [6.07, 6.45) is 7.02. The Labute approximate surface area is 176 Å². The van der Waals surface area contributed by atoms with E-state index in [2.05, 4.69) is 20.2 Å². The van der Waals surface area contributed by atoms with Gasteiger partial charge in [0, 0.05) is 30.2 Å². The van der Waals surface area contributed by atoms with E-state index in [1.54, 1.807) is 6.92 Å². The Hall–Kier alpha value is -2.18. The molecule has 1 amide bonds. The molecule has 2 heterocycles. The number of hydrogen-bond donors (Lipinski definition) is 2. The van der Waals surface area contributed by atoms with Gasteiger partial charge >= 0.3 is 0 Å². The molecule has 2 aromatic rings. The Morgan fingerprint density at radius 1 is 1.24 bits per heavy atom. The van der Waals surface area contributed by atoms with Crippen molar-refractivity contribution in [3.05, 3.63) is 41.2 Å². The van der Waals surface area contributed by atoms with Crippen LogP contribution in [0.3, 0.4) is 0 Å². The summed E-state index contributed by atoms with van der Waals surface area (Å²) >= 11 is 6.05. The second-order valence-electron chi connectivity index (χ2n) is 8.30. The summed E-state index contributed by atoms with van der Waals surface area (Å²) in [5, 5.41) is 13.9. The second kappa shape index (κ2) is 8.28. The largest absolute Gasteiger partial charge is 0.388 e. The molecule has 2 fully saturated rings. The molecule has 0 unspecified atom stereocenters. The zero-order valence-electron chi connectivity index (χ0n) is 16.7. The van der Waals surface area contributed by atoms with Crippen LogP contribution in [-0.2, 0) is 0 Å². The third kappa shape index (κ3) is 4.70. The van der Waals surface area contributed by atoms with Gasteiger partial charge in [0.2, 0.25) is 0 Å². The van der Waals surface area contributed by atoms with Crippen LogP contribution in [0, 0.1) is 5.92 Å². The van der Waals surface area contributed by atoms with Crippen molar-refractivity contribution in [2.75, 3.05) is 24.5 Å². The van der Waals surface area contributed by atoms with Crippen molar-refractivity contribution in [1.29, 1.82) is 0 Å². The van der Waals surface area contributed by atoms with E-state index in [1.807, 2.05) is 24.3 Å².